The third-order valence-corrected chi connectivity index (χ3v) is 3.49. The van der Waals surface area contributed by atoms with Gasteiger partial charge in [-0.05, 0) is 25.1 Å². The minimum absolute atomic E-state index is 0.170. The van der Waals surface area contributed by atoms with Crippen LogP contribution in [-0.4, -0.2) is 35.2 Å². The van der Waals surface area contributed by atoms with E-state index in [1.54, 1.807) is 12.1 Å². The molecule has 2 aromatic rings. The smallest absolute Gasteiger partial charge is 0.335 e. The van der Waals surface area contributed by atoms with Crippen molar-refractivity contribution >= 4 is 38.6 Å². The molecule has 20 heavy (non-hydrogen) atoms. The minimum Gasteiger partial charge on any atom is -0.478 e. The van der Waals surface area contributed by atoms with E-state index in [9.17, 15) is 9.59 Å². The molecule has 0 unspecified atom stereocenters. The predicted octanol–water partition coefficient (Wildman–Crippen LogP) is 2.36. The maximum absolute atomic E-state index is 11.6. The van der Waals surface area contributed by atoms with Gasteiger partial charge >= 0.3 is 5.97 Å². The van der Waals surface area contributed by atoms with Crippen molar-refractivity contribution in [1.29, 1.82) is 0 Å². The standard InChI is InChI=1S/C13H14N2O4S/c1-2-19-6-5-11(16)15-13-14-9-4-3-8(12(17)18)7-10(9)20-13/h3-4,7H,2,5-6H2,1H3,(H,17,18)(H,14,15,16). The van der Waals surface area contributed by atoms with E-state index < -0.39 is 5.97 Å². The molecule has 1 aromatic heterocycles. The normalized spacial score (nSPS) is 10.7. The number of ether oxygens (including phenoxy) is 1. The van der Waals surface area contributed by atoms with Crippen molar-refractivity contribution in [1.82, 2.24) is 4.98 Å². The lowest BCUT2D eigenvalue weighted by Crippen LogP contribution is -2.13. The molecular formula is C13H14N2O4S. The van der Waals surface area contributed by atoms with Crippen LogP contribution in [0.2, 0.25) is 0 Å². The molecule has 1 amide bonds. The Kier molecular flexibility index (Phi) is 4.65. The molecule has 6 nitrogen and oxygen atoms in total. The SMILES string of the molecule is CCOCCC(=O)Nc1nc2ccc(C(=O)O)cc2s1. The van der Waals surface area contributed by atoms with Gasteiger partial charge in [0.05, 0.1) is 28.8 Å². The van der Waals surface area contributed by atoms with E-state index in [1.807, 2.05) is 6.92 Å². The van der Waals surface area contributed by atoms with Gasteiger partial charge in [-0.3, -0.25) is 4.79 Å². The van der Waals surface area contributed by atoms with Crippen LogP contribution in [0, 0.1) is 0 Å². The van der Waals surface area contributed by atoms with E-state index in [4.69, 9.17) is 9.84 Å². The van der Waals surface area contributed by atoms with Gasteiger partial charge in [0.15, 0.2) is 5.13 Å². The lowest BCUT2D eigenvalue weighted by molar-refractivity contribution is -0.117. The predicted molar refractivity (Wildman–Crippen MR) is 76.3 cm³/mol. The lowest BCUT2D eigenvalue weighted by atomic mass is 10.2. The number of hydrogen-bond donors (Lipinski definition) is 2. The summed E-state index contributed by atoms with van der Waals surface area (Å²) in [6.45, 7) is 2.81. The molecule has 7 heteroatoms. The largest absolute Gasteiger partial charge is 0.478 e. The second-order valence-corrected chi connectivity index (χ2v) is 5.03. The summed E-state index contributed by atoms with van der Waals surface area (Å²) in [6, 6.07) is 4.67. The van der Waals surface area contributed by atoms with E-state index in [1.165, 1.54) is 17.4 Å². The van der Waals surface area contributed by atoms with Crippen molar-refractivity contribution in [3.8, 4) is 0 Å². The summed E-state index contributed by atoms with van der Waals surface area (Å²) in [5, 5.41) is 12.1. The number of benzene rings is 1. The molecule has 0 aliphatic rings. The third-order valence-electron chi connectivity index (χ3n) is 2.56. The van der Waals surface area contributed by atoms with Crippen LogP contribution >= 0.6 is 11.3 Å². The zero-order valence-corrected chi connectivity index (χ0v) is 11.7. The highest BCUT2D eigenvalue weighted by molar-refractivity contribution is 7.22. The molecule has 0 aliphatic carbocycles. The van der Waals surface area contributed by atoms with E-state index in [0.717, 1.165) is 4.70 Å². The number of anilines is 1. The van der Waals surface area contributed by atoms with E-state index in [-0.39, 0.29) is 17.9 Å². The molecule has 0 aliphatic heterocycles. The number of hydrogen-bond acceptors (Lipinski definition) is 5. The number of amides is 1. The average molecular weight is 294 g/mol. The number of carboxylic acid groups (broad SMARTS) is 1. The van der Waals surface area contributed by atoms with Crippen molar-refractivity contribution in [2.24, 2.45) is 0 Å². The first kappa shape index (κ1) is 14.4. The number of nitrogens with one attached hydrogen (secondary N) is 1. The molecule has 1 heterocycles. The summed E-state index contributed by atoms with van der Waals surface area (Å²) >= 11 is 1.25. The van der Waals surface area contributed by atoms with Crippen LogP contribution in [0.25, 0.3) is 10.2 Å². The van der Waals surface area contributed by atoms with Crippen molar-refractivity contribution in [3.63, 3.8) is 0 Å². The monoisotopic (exact) mass is 294 g/mol. The number of carbonyl (C=O) groups excluding carboxylic acids is 1. The van der Waals surface area contributed by atoms with Crippen molar-refractivity contribution in [2.75, 3.05) is 18.5 Å². The number of carbonyl (C=O) groups is 2. The van der Waals surface area contributed by atoms with Gasteiger partial charge in [0, 0.05) is 6.61 Å². The summed E-state index contributed by atoms with van der Waals surface area (Å²) in [7, 11) is 0. The summed E-state index contributed by atoms with van der Waals surface area (Å²) in [4.78, 5) is 26.7. The van der Waals surface area contributed by atoms with Crippen LogP contribution < -0.4 is 5.32 Å². The highest BCUT2D eigenvalue weighted by Crippen LogP contribution is 2.26. The molecule has 0 bridgehead atoms. The van der Waals surface area contributed by atoms with Gasteiger partial charge in [-0.2, -0.15) is 0 Å². The molecule has 2 N–H and O–H groups in total. The number of thiazole rings is 1. The summed E-state index contributed by atoms with van der Waals surface area (Å²) in [5.74, 6) is -1.15. The van der Waals surface area contributed by atoms with E-state index in [2.05, 4.69) is 10.3 Å². The van der Waals surface area contributed by atoms with Crippen LogP contribution in [-0.2, 0) is 9.53 Å². The van der Waals surface area contributed by atoms with Crippen molar-refractivity contribution < 1.29 is 19.4 Å². The maximum Gasteiger partial charge on any atom is 0.335 e. The third kappa shape index (κ3) is 3.52. The molecular weight excluding hydrogens is 280 g/mol. The number of carboxylic acids is 1. The van der Waals surface area contributed by atoms with Gasteiger partial charge in [-0.15, -0.1) is 0 Å². The van der Waals surface area contributed by atoms with Crippen molar-refractivity contribution in [2.45, 2.75) is 13.3 Å². The first-order valence-corrected chi connectivity index (χ1v) is 6.93. The zero-order chi connectivity index (χ0) is 14.5. The number of fused-ring (bicyclic) bond motifs is 1. The van der Waals surface area contributed by atoms with Crippen LogP contribution in [0.4, 0.5) is 5.13 Å². The lowest BCUT2D eigenvalue weighted by Gasteiger charge is -2.01. The molecule has 0 radical (unpaired) electrons. The molecule has 106 valence electrons. The van der Waals surface area contributed by atoms with Crippen LogP contribution in [0.15, 0.2) is 18.2 Å². The quantitative estimate of drug-likeness (QED) is 0.798. The second kappa shape index (κ2) is 6.44. The summed E-state index contributed by atoms with van der Waals surface area (Å²) < 4.78 is 5.83. The molecule has 0 saturated heterocycles. The Hall–Kier alpha value is -1.99. The molecule has 2 rings (SSSR count). The van der Waals surface area contributed by atoms with Gasteiger partial charge < -0.3 is 15.2 Å². The summed E-state index contributed by atoms with van der Waals surface area (Å²) in [6.07, 6.45) is 0.268. The van der Waals surface area contributed by atoms with E-state index >= 15 is 0 Å². The van der Waals surface area contributed by atoms with Crippen LogP contribution in [0.3, 0.4) is 0 Å². The van der Waals surface area contributed by atoms with Crippen molar-refractivity contribution in [3.05, 3.63) is 23.8 Å². The minimum atomic E-state index is -0.984. The highest BCUT2D eigenvalue weighted by atomic mass is 32.1. The average Bonchev–Trinajstić information content (AvgIpc) is 2.79. The first-order chi connectivity index (χ1) is 9.60. The van der Waals surface area contributed by atoms with Gasteiger partial charge in [-0.25, -0.2) is 9.78 Å². The fourth-order valence-electron chi connectivity index (χ4n) is 1.60. The zero-order valence-electron chi connectivity index (χ0n) is 10.9. The van der Waals surface area contributed by atoms with Gasteiger partial charge in [0.1, 0.15) is 0 Å². The number of nitrogens with zero attached hydrogens (tertiary/aromatic N) is 1. The maximum atomic E-state index is 11.6. The topological polar surface area (TPSA) is 88.5 Å². The Morgan fingerprint density at radius 3 is 2.95 bits per heavy atom. The molecule has 0 fully saturated rings. The Morgan fingerprint density at radius 1 is 1.45 bits per heavy atom. The molecule has 1 aromatic carbocycles. The Morgan fingerprint density at radius 2 is 2.25 bits per heavy atom. The Labute approximate surface area is 119 Å². The number of aromatic carboxylic acids is 1. The Balaban J connectivity index is 2.08. The second-order valence-electron chi connectivity index (χ2n) is 4.00. The number of aromatic nitrogens is 1. The Bertz CT molecular complexity index is 638. The molecule has 0 atom stereocenters. The van der Waals surface area contributed by atoms with Gasteiger partial charge in [0.25, 0.3) is 0 Å². The first-order valence-electron chi connectivity index (χ1n) is 6.11. The van der Waals surface area contributed by atoms with Crippen LogP contribution in [0.5, 0.6) is 0 Å². The number of rotatable bonds is 6. The molecule has 0 saturated carbocycles. The van der Waals surface area contributed by atoms with Gasteiger partial charge in [-0.1, -0.05) is 11.3 Å². The van der Waals surface area contributed by atoms with Gasteiger partial charge in [0.2, 0.25) is 5.91 Å². The fourth-order valence-corrected chi connectivity index (χ4v) is 2.52. The van der Waals surface area contributed by atoms with Crippen LogP contribution in [0.1, 0.15) is 23.7 Å². The summed E-state index contributed by atoms with van der Waals surface area (Å²) in [5.41, 5.74) is 0.871. The van der Waals surface area contributed by atoms with E-state index in [0.29, 0.717) is 23.9 Å². The fraction of sp³-hybridized carbons (Fsp3) is 0.308. The molecule has 0 spiro atoms. The highest BCUT2D eigenvalue weighted by Gasteiger charge is 2.10.